The molecule has 0 aliphatic heterocycles. The van der Waals surface area contributed by atoms with Crippen LogP contribution in [0.2, 0.25) is 0 Å². The van der Waals surface area contributed by atoms with Crippen LogP contribution in [-0.4, -0.2) is 14.3 Å². The van der Waals surface area contributed by atoms with Crippen LogP contribution in [0.3, 0.4) is 0 Å². The Bertz CT molecular complexity index is 654. The molecular weight excluding hydrogens is 317 g/mol. The zero-order valence-corrected chi connectivity index (χ0v) is 13.2. The Morgan fingerprint density at radius 3 is 2.48 bits per heavy atom. The van der Waals surface area contributed by atoms with Crippen molar-refractivity contribution in [2.24, 2.45) is 5.41 Å². The fourth-order valence-electron chi connectivity index (χ4n) is 2.83. The van der Waals surface area contributed by atoms with Crippen LogP contribution in [0.15, 0.2) is 23.1 Å². The number of hydrogen-bond donors (Lipinski definition) is 1. The van der Waals surface area contributed by atoms with Gasteiger partial charge in [0.2, 0.25) is 5.91 Å². The third kappa shape index (κ3) is 3.37. The molecule has 1 fully saturated rings. The largest absolute Gasteiger partial charge is 0.326 e. The second-order valence-electron chi connectivity index (χ2n) is 5.38. The van der Waals surface area contributed by atoms with E-state index in [2.05, 4.69) is 5.32 Å². The Labute approximate surface area is 128 Å². The molecule has 1 aromatic carbocycles. The van der Waals surface area contributed by atoms with E-state index >= 15 is 0 Å². The zero-order valence-electron chi connectivity index (χ0n) is 11.7. The van der Waals surface area contributed by atoms with Crippen LogP contribution in [0, 0.1) is 11.2 Å². The van der Waals surface area contributed by atoms with Crippen LogP contribution in [0.1, 0.15) is 39.0 Å². The first-order valence-corrected chi connectivity index (χ1v) is 9.15. The number of nitrogens with one attached hydrogen (secondary N) is 1. The van der Waals surface area contributed by atoms with Crippen LogP contribution < -0.4 is 5.32 Å². The van der Waals surface area contributed by atoms with Crippen molar-refractivity contribution in [2.75, 3.05) is 5.32 Å². The lowest BCUT2D eigenvalue weighted by molar-refractivity contribution is -0.125. The summed E-state index contributed by atoms with van der Waals surface area (Å²) in [6, 6.07) is 3.38. The van der Waals surface area contributed by atoms with Gasteiger partial charge in [-0.25, -0.2) is 12.8 Å². The van der Waals surface area contributed by atoms with Gasteiger partial charge in [0, 0.05) is 21.8 Å². The SMILES string of the molecule is CCC1(C(=O)Nc2ccc(S(=O)(=O)Cl)c(F)c2)CCCC1. The van der Waals surface area contributed by atoms with Gasteiger partial charge in [-0.3, -0.25) is 4.79 Å². The van der Waals surface area contributed by atoms with Gasteiger partial charge in [-0.1, -0.05) is 19.8 Å². The summed E-state index contributed by atoms with van der Waals surface area (Å²) in [7, 11) is 0.988. The lowest BCUT2D eigenvalue weighted by atomic mass is 9.82. The summed E-state index contributed by atoms with van der Waals surface area (Å²) < 4.78 is 36.0. The fraction of sp³-hybridized carbons (Fsp3) is 0.500. The third-order valence-electron chi connectivity index (χ3n) is 4.17. The maximum absolute atomic E-state index is 13.7. The number of carbonyl (C=O) groups is 1. The molecule has 1 amide bonds. The van der Waals surface area contributed by atoms with Gasteiger partial charge in [-0.05, 0) is 37.5 Å². The summed E-state index contributed by atoms with van der Waals surface area (Å²) in [5.74, 6) is -1.11. The van der Waals surface area contributed by atoms with Crippen LogP contribution in [-0.2, 0) is 13.8 Å². The minimum absolute atomic E-state index is 0.136. The molecule has 4 nitrogen and oxygen atoms in total. The molecule has 0 atom stereocenters. The van der Waals surface area contributed by atoms with Crippen molar-refractivity contribution in [2.45, 2.75) is 43.9 Å². The van der Waals surface area contributed by atoms with Gasteiger partial charge in [0.05, 0.1) is 0 Å². The molecule has 1 N–H and O–H groups in total. The van der Waals surface area contributed by atoms with E-state index in [0.717, 1.165) is 44.2 Å². The van der Waals surface area contributed by atoms with Crippen molar-refractivity contribution in [1.29, 1.82) is 0 Å². The van der Waals surface area contributed by atoms with E-state index in [-0.39, 0.29) is 11.6 Å². The highest BCUT2D eigenvalue weighted by molar-refractivity contribution is 8.13. The number of hydrogen-bond acceptors (Lipinski definition) is 3. The lowest BCUT2D eigenvalue weighted by Crippen LogP contribution is -2.33. The van der Waals surface area contributed by atoms with E-state index < -0.39 is 25.2 Å². The number of benzene rings is 1. The molecule has 0 aromatic heterocycles. The van der Waals surface area contributed by atoms with Gasteiger partial charge in [-0.15, -0.1) is 0 Å². The average molecular weight is 334 g/mol. The number of rotatable bonds is 4. The van der Waals surface area contributed by atoms with E-state index in [1.807, 2.05) is 6.92 Å². The first kappa shape index (κ1) is 16.2. The van der Waals surface area contributed by atoms with Crippen LogP contribution in [0.4, 0.5) is 10.1 Å². The number of amides is 1. The monoisotopic (exact) mass is 333 g/mol. The molecule has 0 radical (unpaired) electrons. The Kier molecular flexibility index (Phi) is 4.58. The maximum atomic E-state index is 13.7. The van der Waals surface area contributed by atoms with Crippen molar-refractivity contribution < 1.29 is 17.6 Å². The zero-order chi connectivity index (χ0) is 15.7. The van der Waals surface area contributed by atoms with Crippen molar-refractivity contribution in [3.8, 4) is 0 Å². The highest BCUT2D eigenvalue weighted by Gasteiger charge is 2.39. The average Bonchev–Trinajstić information content (AvgIpc) is 2.87. The Balaban J connectivity index is 2.21. The van der Waals surface area contributed by atoms with E-state index in [1.165, 1.54) is 6.07 Å². The minimum atomic E-state index is -4.13. The van der Waals surface area contributed by atoms with Gasteiger partial charge in [0.1, 0.15) is 10.7 Å². The Hall–Kier alpha value is -1.14. The molecule has 116 valence electrons. The molecule has 1 aromatic rings. The van der Waals surface area contributed by atoms with Gasteiger partial charge in [0.15, 0.2) is 0 Å². The molecule has 1 saturated carbocycles. The number of carbonyl (C=O) groups excluding carboxylic acids is 1. The molecule has 1 aliphatic carbocycles. The van der Waals surface area contributed by atoms with Crippen LogP contribution in [0.25, 0.3) is 0 Å². The summed E-state index contributed by atoms with van der Waals surface area (Å²) in [6.45, 7) is 1.97. The predicted octanol–water partition coefficient (Wildman–Crippen LogP) is 3.66. The minimum Gasteiger partial charge on any atom is -0.326 e. The highest BCUT2D eigenvalue weighted by atomic mass is 35.7. The first-order valence-electron chi connectivity index (χ1n) is 6.84. The molecule has 0 heterocycles. The fourth-order valence-corrected chi connectivity index (χ4v) is 3.73. The van der Waals surface area contributed by atoms with E-state index in [4.69, 9.17) is 10.7 Å². The molecule has 1 aliphatic rings. The summed E-state index contributed by atoms with van der Waals surface area (Å²) in [4.78, 5) is 11.8. The summed E-state index contributed by atoms with van der Waals surface area (Å²) >= 11 is 0. The molecule has 2 rings (SSSR count). The third-order valence-corrected chi connectivity index (χ3v) is 5.53. The summed E-state index contributed by atoms with van der Waals surface area (Å²) in [5.41, 5.74) is -0.158. The van der Waals surface area contributed by atoms with E-state index in [1.54, 1.807) is 0 Å². The molecular formula is C14H17ClFNO3S. The second-order valence-corrected chi connectivity index (χ2v) is 7.91. The topological polar surface area (TPSA) is 63.2 Å². The lowest BCUT2D eigenvalue weighted by Gasteiger charge is -2.26. The smallest absolute Gasteiger partial charge is 0.264 e. The van der Waals surface area contributed by atoms with Crippen LogP contribution >= 0.6 is 10.7 Å². The Morgan fingerprint density at radius 2 is 2.00 bits per heavy atom. The standard InChI is InChI=1S/C14H17ClFNO3S/c1-2-14(7-3-4-8-14)13(18)17-10-5-6-12(11(16)9-10)21(15,19)20/h5-6,9H,2-4,7-8H2,1H3,(H,17,18). The molecule has 0 bridgehead atoms. The maximum Gasteiger partial charge on any atom is 0.264 e. The van der Waals surface area contributed by atoms with E-state index in [0.29, 0.717) is 0 Å². The van der Waals surface area contributed by atoms with Gasteiger partial charge >= 0.3 is 0 Å². The Morgan fingerprint density at radius 1 is 1.38 bits per heavy atom. The molecule has 21 heavy (non-hydrogen) atoms. The second kappa shape index (κ2) is 5.93. The van der Waals surface area contributed by atoms with Gasteiger partial charge < -0.3 is 5.32 Å². The van der Waals surface area contributed by atoms with Gasteiger partial charge in [0.25, 0.3) is 9.05 Å². The van der Waals surface area contributed by atoms with Gasteiger partial charge in [-0.2, -0.15) is 0 Å². The first-order chi connectivity index (χ1) is 9.78. The number of anilines is 1. The van der Waals surface area contributed by atoms with E-state index in [9.17, 15) is 17.6 Å². The summed E-state index contributed by atoms with van der Waals surface area (Å²) in [5, 5.41) is 2.68. The molecule has 0 saturated heterocycles. The molecule has 7 heteroatoms. The molecule has 0 spiro atoms. The van der Waals surface area contributed by atoms with Crippen molar-refractivity contribution >= 4 is 31.3 Å². The molecule has 0 unspecified atom stereocenters. The van der Waals surface area contributed by atoms with Crippen LogP contribution in [0.5, 0.6) is 0 Å². The predicted molar refractivity (Wildman–Crippen MR) is 79.3 cm³/mol. The number of halogens is 2. The highest BCUT2D eigenvalue weighted by Crippen LogP contribution is 2.41. The normalized spacial score (nSPS) is 17.7. The quantitative estimate of drug-likeness (QED) is 0.855. The van der Waals surface area contributed by atoms with Crippen molar-refractivity contribution in [1.82, 2.24) is 0 Å². The summed E-state index contributed by atoms with van der Waals surface area (Å²) in [6.07, 6.45) is 4.41. The van der Waals surface area contributed by atoms with Crippen molar-refractivity contribution in [3.63, 3.8) is 0 Å². The van der Waals surface area contributed by atoms with Crippen molar-refractivity contribution in [3.05, 3.63) is 24.0 Å².